The van der Waals surface area contributed by atoms with Crippen LogP contribution in [0.2, 0.25) is 5.02 Å². The highest BCUT2D eigenvalue weighted by Crippen LogP contribution is 2.30. The molecular weight excluding hydrogens is 330 g/mol. The molecule has 0 aromatic heterocycles. The normalized spacial score (nSPS) is 9.96. The van der Waals surface area contributed by atoms with E-state index in [9.17, 15) is 9.59 Å². The van der Waals surface area contributed by atoms with Gasteiger partial charge < -0.3 is 20.7 Å². The maximum absolute atomic E-state index is 12.0. The monoisotopic (exact) mass is 347 g/mol. The number of carbonyl (C=O) groups is 2. The third kappa shape index (κ3) is 4.89. The van der Waals surface area contributed by atoms with Crippen molar-refractivity contribution < 1.29 is 14.3 Å². The van der Waals surface area contributed by atoms with Crippen molar-refractivity contribution in [1.29, 1.82) is 0 Å². The van der Waals surface area contributed by atoms with Crippen LogP contribution < -0.4 is 20.7 Å². The average Bonchev–Trinajstić information content (AvgIpc) is 2.57. The molecule has 2 rings (SSSR count). The SMILES string of the molecule is COc1cc(Cl)c(C)cc1NC(=O)CNC(=O)Nc1ccccc1. The first-order chi connectivity index (χ1) is 11.5. The van der Waals surface area contributed by atoms with Crippen molar-refractivity contribution in [2.45, 2.75) is 6.92 Å². The number of methoxy groups -OCH3 is 1. The smallest absolute Gasteiger partial charge is 0.319 e. The fourth-order valence-electron chi connectivity index (χ4n) is 1.98. The number of aryl methyl sites for hydroxylation is 1. The van der Waals surface area contributed by atoms with E-state index in [0.717, 1.165) is 5.56 Å². The van der Waals surface area contributed by atoms with Crippen molar-refractivity contribution in [2.75, 3.05) is 24.3 Å². The minimum absolute atomic E-state index is 0.177. The van der Waals surface area contributed by atoms with Gasteiger partial charge >= 0.3 is 6.03 Å². The predicted molar refractivity (Wildman–Crippen MR) is 94.8 cm³/mol. The second-order valence-corrected chi connectivity index (χ2v) is 5.43. The van der Waals surface area contributed by atoms with E-state index >= 15 is 0 Å². The Morgan fingerprint density at radius 1 is 1.12 bits per heavy atom. The summed E-state index contributed by atoms with van der Waals surface area (Å²) in [6, 6.07) is 11.8. The molecule has 0 saturated carbocycles. The number of rotatable bonds is 5. The average molecular weight is 348 g/mol. The summed E-state index contributed by atoms with van der Waals surface area (Å²) in [7, 11) is 1.49. The molecular formula is C17H18ClN3O3. The summed E-state index contributed by atoms with van der Waals surface area (Å²) in [6.45, 7) is 1.65. The van der Waals surface area contributed by atoms with Crippen LogP contribution in [0.5, 0.6) is 5.75 Å². The van der Waals surface area contributed by atoms with E-state index in [1.807, 2.05) is 13.0 Å². The second kappa shape index (κ2) is 8.21. The number of urea groups is 1. The Balaban J connectivity index is 1.89. The molecule has 2 aromatic carbocycles. The summed E-state index contributed by atoms with van der Waals surface area (Å²) in [5, 5.41) is 8.34. The number of carbonyl (C=O) groups excluding carboxylic acids is 2. The van der Waals surface area contributed by atoms with E-state index < -0.39 is 6.03 Å². The van der Waals surface area contributed by atoms with Crippen LogP contribution >= 0.6 is 11.6 Å². The van der Waals surface area contributed by atoms with Crippen LogP contribution in [-0.4, -0.2) is 25.6 Å². The topological polar surface area (TPSA) is 79.5 Å². The molecule has 0 aliphatic rings. The van der Waals surface area contributed by atoms with Gasteiger partial charge in [0.2, 0.25) is 5.91 Å². The first-order valence-corrected chi connectivity index (χ1v) is 7.61. The third-order valence-electron chi connectivity index (χ3n) is 3.20. The van der Waals surface area contributed by atoms with Crippen LogP contribution in [0.1, 0.15) is 5.56 Å². The molecule has 0 fully saturated rings. The van der Waals surface area contributed by atoms with Crippen molar-refractivity contribution in [3.05, 3.63) is 53.1 Å². The Hall–Kier alpha value is -2.73. The number of amides is 3. The molecule has 0 aliphatic carbocycles. The molecule has 24 heavy (non-hydrogen) atoms. The first-order valence-electron chi connectivity index (χ1n) is 7.23. The molecule has 126 valence electrons. The molecule has 2 aromatic rings. The maximum atomic E-state index is 12.0. The summed E-state index contributed by atoms with van der Waals surface area (Å²) >= 11 is 6.02. The number of para-hydroxylation sites is 1. The van der Waals surface area contributed by atoms with Gasteiger partial charge in [-0.3, -0.25) is 4.79 Å². The molecule has 0 spiro atoms. The maximum Gasteiger partial charge on any atom is 0.319 e. The quantitative estimate of drug-likeness (QED) is 0.775. The highest BCUT2D eigenvalue weighted by molar-refractivity contribution is 6.31. The molecule has 3 N–H and O–H groups in total. The highest BCUT2D eigenvalue weighted by atomic mass is 35.5. The molecule has 0 radical (unpaired) electrons. The molecule has 0 unspecified atom stereocenters. The van der Waals surface area contributed by atoms with E-state index in [1.54, 1.807) is 36.4 Å². The number of hydrogen-bond donors (Lipinski definition) is 3. The van der Waals surface area contributed by atoms with Crippen molar-refractivity contribution in [1.82, 2.24) is 5.32 Å². The number of ether oxygens (including phenoxy) is 1. The summed E-state index contributed by atoms with van der Waals surface area (Å²) in [4.78, 5) is 23.7. The van der Waals surface area contributed by atoms with Crippen LogP contribution in [0.4, 0.5) is 16.2 Å². The van der Waals surface area contributed by atoms with Crippen molar-refractivity contribution in [2.24, 2.45) is 0 Å². The Labute approximate surface area is 145 Å². The van der Waals surface area contributed by atoms with E-state index in [-0.39, 0.29) is 12.5 Å². The molecule has 0 saturated heterocycles. The standard InChI is InChI=1S/C17H18ClN3O3/c1-11-8-14(15(24-2)9-13(11)18)21-16(22)10-19-17(23)20-12-6-4-3-5-7-12/h3-9H,10H2,1-2H3,(H,21,22)(H2,19,20,23). The molecule has 0 atom stereocenters. The fraction of sp³-hybridized carbons (Fsp3) is 0.176. The van der Waals surface area contributed by atoms with Crippen LogP contribution in [0.15, 0.2) is 42.5 Å². The minimum atomic E-state index is -0.462. The molecule has 6 nitrogen and oxygen atoms in total. The van der Waals surface area contributed by atoms with Crippen LogP contribution in [0.3, 0.4) is 0 Å². The molecule has 0 heterocycles. The Morgan fingerprint density at radius 3 is 2.50 bits per heavy atom. The van der Waals surface area contributed by atoms with Gasteiger partial charge in [0.1, 0.15) is 5.75 Å². The van der Waals surface area contributed by atoms with Gasteiger partial charge in [-0.25, -0.2) is 4.79 Å². The van der Waals surface area contributed by atoms with Gasteiger partial charge in [-0.15, -0.1) is 0 Å². The van der Waals surface area contributed by atoms with Crippen LogP contribution in [0, 0.1) is 6.92 Å². The van der Waals surface area contributed by atoms with Crippen LogP contribution in [0.25, 0.3) is 0 Å². The Morgan fingerprint density at radius 2 is 1.83 bits per heavy atom. The zero-order chi connectivity index (χ0) is 17.5. The molecule has 0 aliphatic heterocycles. The number of anilines is 2. The largest absolute Gasteiger partial charge is 0.495 e. The highest BCUT2D eigenvalue weighted by Gasteiger charge is 2.11. The summed E-state index contributed by atoms with van der Waals surface area (Å²) < 4.78 is 5.19. The van der Waals surface area contributed by atoms with Crippen molar-refractivity contribution in [3.8, 4) is 5.75 Å². The Bertz CT molecular complexity index is 735. The van der Waals surface area contributed by atoms with Crippen molar-refractivity contribution >= 4 is 34.9 Å². The van der Waals surface area contributed by atoms with Crippen LogP contribution in [-0.2, 0) is 4.79 Å². The summed E-state index contributed by atoms with van der Waals surface area (Å²) in [5.41, 5.74) is 1.95. The van der Waals surface area contributed by atoms with E-state index in [4.69, 9.17) is 16.3 Å². The number of halogens is 1. The van der Waals surface area contributed by atoms with Gasteiger partial charge in [0.25, 0.3) is 0 Å². The summed E-state index contributed by atoms with van der Waals surface area (Å²) in [6.07, 6.45) is 0. The third-order valence-corrected chi connectivity index (χ3v) is 3.60. The lowest BCUT2D eigenvalue weighted by Crippen LogP contribution is -2.35. The molecule has 0 bridgehead atoms. The van der Waals surface area contributed by atoms with Gasteiger partial charge in [0.15, 0.2) is 0 Å². The van der Waals surface area contributed by atoms with Gasteiger partial charge in [-0.2, -0.15) is 0 Å². The van der Waals surface area contributed by atoms with Gasteiger partial charge in [0.05, 0.1) is 19.3 Å². The van der Waals surface area contributed by atoms with E-state index in [0.29, 0.717) is 22.1 Å². The number of hydrogen-bond acceptors (Lipinski definition) is 3. The molecule has 7 heteroatoms. The zero-order valence-electron chi connectivity index (χ0n) is 13.4. The lowest BCUT2D eigenvalue weighted by molar-refractivity contribution is -0.115. The lowest BCUT2D eigenvalue weighted by Gasteiger charge is -2.13. The minimum Gasteiger partial charge on any atom is -0.495 e. The Kier molecular flexibility index (Phi) is 6.03. The van der Waals surface area contributed by atoms with Gasteiger partial charge in [-0.1, -0.05) is 29.8 Å². The van der Waals surface area contributed by atoms with Gasteiger partial charge in [-0.05, 0) is 30.7 Å². The fourth-order valence-corrected chi connectivity index (χ4v) is 2.14. The predicted octanol–water partition coefficient (Wildman–Crippen LogP) is 3.42. The van der Waals surface area contributed by atoms with Gasteiger partial charge in [0, 0.05) is 16.8 Å². The second-order valence-electron chi connectivity index (χ2n) is 5.02. The number of nitrogens with one attached hydrogen (secondary N) is 3. The van der Waals surface area contributed by atoms with Crippen molar-refractivity contribution in [3.63, 3.8) is 0 Å². The van der Waals surface area contributed by atoms with E-state index in [1.165, 1.54) is 7.11 Å². The first kappa shape index (κ1) is 17.6. The zero-order valence-corrected chi connectivity index (χ0v) is 14.1. The molecule has 3 amide bonds. The van der Waals surface area contributed by atoms with E-state index in [2.05, 4.69) is 16.0 Å². The lowest BCUT2D eigenvalue weighted by atomic mass is 10.2. The number of benzene rings is 2. The summed E-state index contributed by atoms with van der Waals surface area (Å²) in [5.74, 6) is 0.0749.